The van der Waals surface area contributed by atoms with Gasteiger partial charge in [-0.3, -0.25) is 29.7 Å². The van der Waals surface area contributed by atoms with Crippen molar-refractivity contribution >= 4 is 94.5 Å². The second kappa shape index (κ2) is 31.1. The van der Waals surface area contributed by atoms with Crippen LogP contribution in [-0.2, 0) is 50.1 Å². The molecule has 3 fully saturated rings. The van der Waals surface area contributed by atoms with E-state index < -0.39 is 24.6 Å². The molecule has 6 aromatic carbocycles. The number of H-pyrrole nitrogens is 1. The molecule has 18 nitrogen and oxygen atoms in total. The molecule has 75 heavy (non-hydrogen) atoms. The van der Waals surface area contributed by atoms with E-state index in [2.05, 4.69) is 38.9 Å². The Bertz CT molecular complexity index is 3190. The van der Waals surface area contributed by atoms with E-state index in [0.717, 1.165) is 91.6 Å². The number of Topliss-reactive ketones (excluding diaryl/α,β-unsaturated/α-hetero) is 2. The molecular weight excluding hydrogens is 1030 g/mol. The molecule has 4 heterocycles. The Morgan fingerprint density at radius 3 is 1.67 bits per heavy atom. The van der Waals surface area contributed by atoms with Crippen molar-refractivity contribution in [2.24, 2.45) is 0 Å². The van der Waals surface area contributed by atoms with Crippen LogP contribution in [0.3, 0.4) is 0 Å². The van der Waals surface area contributed by atoms with Crippen molar-refractivity contribution in [3.63, 3.8) is 0 Å². The van der Waals surface area contributed by atoms with Gasteiger partial charge < -0.3 is 38.1 Å². The Labute approximate surface area is 465 Å². The van der Waals surface area contributed by atoms with E-state index in [4.69, 9.17) is 21.1 Å². The normalized spacial score (nSPS) is 14.6. The van der Waals surface area contributed by atoms with Crippen LogP contribution < -0.4 is 45.5 Å². The average Bonchev–Trinajstić information content (AvgIpc) is 4.12. The summed E-state index contributed by atoms with van der Waals surface area (Å²) >= 11 is 5.44. The zero-order chi connectivity index (χ0) is 53.7. The number of nitrogens with zero attached hydrogens (tertiary/aromatic N) is 3. The van der Waals surface area contributed by atoms with E-state index in [0.29, 0.717) is 33.9 Å². The fraction of sp³-hybridized carbons (Fsp3) is 0.308. The fourth-order valence-corrected chi connectivity index (χ4v) is 10.3. The zero-order valence-corrected chi connectivity index (χ0v) is 46.7. The number of hydrogen-bond donors (Lipinski definition) is 4. The third kappa shape index (κ3) is 19.1. The van der Waals surface area contributed by atoms with E-state index in [9.17, 15) is 41.3 Å². The van der Waals surface area contributed by atoms with Crippen molar-refractivity contribution in [3.05, 3.63) is 149 Å². The number of halogens is 1. The summed E-state index contributed by atoms with van der Waals surface area (Å²) in [5.41, 5.74) is 2.31. The number of alkyl halides is 1. The number of carbonyl (C=O) groups excluding carboxylic acids is 3. The predicted molar refractivity (Wildman–Crippen MR) is 287 cm³/mol. The molecule has 0 bridgehead atoms. The molecule has 7 aromatic rings. The van der Waals surface area contributed by atoms with Crippen LogP contribution in [0.5, 0.6) is 0 Å². The number of fused-ring (bicyclic) bond motifs is 3. The summed E-state index contributed by atoms with van der Waals surface area (Å²) in [5, 5.41) is 30.9. The first-order chi connectivity index (χ1) is 35.4. The predicted octanol–water partition coefficient (Wildman–Crippen LogP) is 3.45. The Kier molecular flexibility index (Phi) is 25.8. The molecule has 0 aliphatic carbocycles. The number of nitro benzene ring substituents is 1. The van der Waals surface area contributed by atoms with Crippen molar-refractivity contribution in [1.29, 1.82) is 0 Å². The van der Waals surface area contributed by atoms with E-state index in [1.807, 2.05) is 72.8 Å². The minimum Gasteiger partial charge on any atom is -0.528 e. The largest absolute Gasteiger partial charge is 1.00 e. The van der Waals surface area contributed by atoms with E-state index in [-0.39, 0.29) is 69.0 Å². The summed E-state index contributed by atoms with van der Waals surface area (Å²) < 4.78 is 60.9. The first kappa shape index (κ1) is 62.3. The number of aromatic amines is 1. The van der Waals surface area contributed by atoms with Gasteiger partial charge in [0.05, 0.1) is 33.4 Å². The first-order valence-corrected chi connectivity index (χ1v) is 27.2. The number of non-ortho nitro benzene ring substituents is 1. The molecule has 4 N–H and O–H groups in total. The molecule has 10 rings (SSSR count). The maximum atomic E-state index is 13.5. The van der Waals surface area contributed by atoms with E-state index in [1.165, 1.54) is 32.9 Å². The van der Waals surface area contributed by atoms with Gasteiger partial charge in [0.2, 0.25) is 9.84 Å². The summed E-state index contributed by atoms with van der Waals surface area (Å²) in [4.78, 5) is 41.7. The van der Waals surface area contributed by atoms with Gasteiger partial charge in [0.25, 0.3) is 5.69 Å². The minimum atomic E-state index is -3.74. The summed E-state index contributed by atoms with van der Waals surface area (Å²) in [5.74, 6) is -0.759. The van der Waals surface area contributed by atoms with Gasteiger partial charge in [-0.25, -0.2) is 16.8 Å². The van der Waals surface area contributed by atoms with Crippen LogP contribution in [0.1, 0.15) is 38.2 Å². The van der Waals surface area contributed by atoms with Gasteiger partial charge in [-0.2, -0.15) is 5.10 Å². The minimum absolute atomic E-state index is 0. The van der Waals surface area contributed by atoms with Crippen molar-refractivity contribution in [3.8, 4) is 0 Å². The van der Waals surface area contributed by atoms with Gasteiger partial charge in [0.15, 0.2) is 32.7 Å². The standard InChI is InChI=1S/C22H22N4O2S.C11H9ClO2S.C9H9NO4.C4H10N2.C4H6O2.C2H3BO.Na/c27-29(28,21-7-3-5-17-4-1-2-6-18(17)21)22-19-14-16(8-9-20(19)24-25-22)15-26-12-10-23-11-13-26;12-8-15(13,14)11-7-3-5-9-4-1-2-6-10(9)11;11-10(12)8-3-1-7(2-4-8)9-13-5-6-14-9;1-2-6-4-3-5-1;1-3(5)4(2)6;1-2(3)4;/h1-9,14,23H,10-13,15H2,(H,24,25);1-7H,8H2;1-4,9H,5-6H2;5-6H,1-4H2;1-2H3;1H3;/q;;;;;-1;+1. The first-order valence-electron chi connectivity index (χ1n) is 23.5. The van der Waals surface area contributed by atoms with Gasteiger partial charge >= 0.3 is 29.6 Å². The van der Waals surface area contributed by atoms with Gasteiger partial charge in [0, 0.05) is 107 Å². The summed E-state index contributed by atoms with van der Waals surface area (Å²) in [6.45, 7) is 14.3. The number of piperazine rings is 2. The van der Waals surface area contributed by atoms with Gasteiger partial charge in [0.1, 0.15) is 5.21 Å². The maximum absolute atomic E-state index is 13.5. The molecule has 0 unspecified atom stereocenters. The molecule has 1 aromatic heterocycles. The summed E-state index contributed by atoms with van der Waals surface area (Å²) in [7, 11) is -2.63. The fourth-order valence-electron chi connectivity index (χ4n) is 7.44. The zero-order valence-electron chi connectivity index (χ0n) is 42.3. The van der Waals surface area contributed by atoms with Gasteiger partial charge in [-0.1, -0.05) is 85.8 Å². The quantitative estimate of drug-likeness (QED) is 0.0532. The average molecular weight is 1090 g/mol. The Balaban J connectivity index is 0.000000223. The van der Waals surface area contributed by atoms with E-state index in [1.54, 1.807) is 42.5 Å². The third-order valence-corrected chi connectivity index (χ3v) is 15.1. The Morgan fingerprint density at radius 2 is 1.17 bits per heavy atom. The molecule has 3 radical (unpaired) electrons. The number of benzene rings is 6. The van der Waals surface area contributed by atoms with Crippen LogP contribution in [0.25, 0.3) is 32.4 Å². The van der Waals surface area contributed by atoms with Gasteiger partial charge in [-0.05, 0) is 52.7 Å². The van der Waals surface area contributed by atoms with Crippen molar-refractivity contribution in [1.82, 2.24) is 31.0 Å². The number of sulfone groups is 2. The number of ether oxygens (including phenoxy) is 2. The van der Waals surface area contributed by atoms with Crippen molar-refractivity contribution in [2.45, 2.75) is 48.4 Å². The Hall–Kier alpha value is -5.27. The number of rotatable bonds is 9. The monoisotopic (exact) mass is 1090 g/mol. The number of hydrogen-bond acceptors (Lipinski definition) is 16. The van der Waals surface area contributed by atoms with Gasteiger partial charge in [-0.15, -0.1) is 17.3 Å². The summed E-state index contributed by atoms with van der Waals surface area (Å²) in [6.07, 6.45) is -0.365. The molecule has 0 saturated carbocycles. The summed E-state index contributed by atoms with van der Waals surface area (Å²) in [6, 6.07) is 37.5. The Morgan fingerprint density at radius 1 is 0.693 bits per heavy atom. The molecule has 3 aliphatic heterocycles. The molecule has 3 saturated heterocycles. The smallest absolute Gasteiger partial charge is 0.528 e. The number of carbonyl (C=O) groups is 3. The van der Waals surface area contributed by atoms with Crippen LogP contribution in [0.4, 0.5) is 5.69 Å². The molecule has 391 valence electrons. The second-order valence-corrected chi connectivity index (χ2v) is 21.2. The van der Waals surface area contributed by atoms with Crippen molar-refractivity contribution < 1.29 is 75.2 Å². The number of nitrogens with one attached hydrogen (secondary N) is 4. The molecule has 3 aliphatic rings. The molecule has 23 heteroatoms. The van der Waals surface area contributed by atoms with Crippen LogP contribution in [0.2, 0.25) is 0 Å². The third-order valence-electron chi connectivity index (χ3n) is 11.2. The molecule has 0 spiro atoms. The number of aromatic nitrogens is 2. The molecule has 0 atom stereocenters. The molecular formula is C52H59BClN7NaO11S2. The molecule has 0 amide bonds. The topological polar surface area (TPSA) is 249 Å². The van der Waals surface area contributed by atoms with Crippen LogP contribution in [-0.4, -0.2) is 133 Å². The van der Waals surface area contributed by atoms with Crippen LogP contribution in [0, 0.1) is 10.1 Å². The van der Waals surface area contributed by atoms with Crippen LogP contribution in [0.15, 0.2) is 142 Å². The van der Waals surface area contributed by atoms with Crippen LogP contribution >= 0.6 is 11.6 Å². The number of ketones is 2. The van der Waals surface area contributed by atoms with Crippen molar-refractivity contribution in [2.75, 3.05) is 70.8 Å². The SMILES string of the molecule is C1CNCCN1.CC(=O)C(C)=O.O=S(=O)(CCl)c1cccc2ccccc12.O=S(=O)(c1cccc2ccccc12)c1[nH]nc2ccc(CN3CCNCC3)cc12.O=[N+]([O-])c1ccc(C2OCCO2)cc1.[B-]C(C)=O.[Na+]. The second-order valence-electron chi connectivity index (χ2n) is 16.8. The number of nitro groups is 1. The van der Waals surface area contributed by atoms with E-state index >= 15 is 0 Å². The maximum Gasteiger partial charge on any atom is 1.00 e.